The molecule has 1 aliphatic heterocycles. The lowest BCUT2D eigenvalue weighted by molar-refractivity contribution is -0.132. The van der Waals surface area contributed by atoms with Crippen LogP contribution in [0, 0.1) is 0 Å². The average Bonchev–Trinajstić information content (AvgIpc) is 2.15. The number of likely N-dealkylation sites (tertiary alicyclic amines) is 1. The monoisotopic (exact) mass is 169 g/mol. The van der Waals surface area contributed by atoms with Crippen molar-refractivity contribution in [3.8, 4) is 0 Å². The normalized spacial score (nSPS) is 17.9. The topological polar surface area (TPSA) is 20.3 Å². The molecule has 1 heterocycles. The summed E-state index contributed by atoms with van der Waals surface area (Å²) in [5.74, 6) is 0.372. The zero-order valence-electron chi connectivity index (χ0n) is 8.01. The van der Waals surface area contributed by atoms with Crippen LogP contribution in [0.15, 0.2) is 0 Å². The van der Waals surface area contributed by atoms with Gasteiger partial charge in [0.2, 0.25) is 5.91 Å². The first-order valence-electron chi connectivity index (χ1n) is 5.12. The second-order valence-electron chi connectivity index (χ2n) is 3.55. The third-order valence-corrected chi connectivity index (χ3v) is 2.45. The Labute approximate surface area is 74.9 Å². The van der Waals surface area contributed by atoms with Crippen molar-refractivity contribution in [2.75, 3.05) is 13.1 Å². The molecule has 2 nitrogen and oxygen atoms in total. The molecule has 0 saturated carbocycles. The van der Waals surface area contributed by atoms with E-state index in [2.05, 4.69) is 6.92 Å². The highest BCUT2D eigenvalue weighted by molar-refractivity contribution is 5.76. The molecule has 0 aromatic rings. The minimum absolute atomic E-state index is 0.372. The molecule has 12 heavy (non-hydrogen) atoms. The summed E-state index contributed by atoms with van der Waals surface area (Å²) < 4.78 is 0. The summed E-state index contributed by atoms with van der Waals surface area (Å²) in [5.41, 5.74) is 0. The molecule has 1 amide bonds. The van der Waals surface area contributed by atoms with Crippen molar-refractivity contribution in [3.63, 3.8) is 0 Å². The van der Waals surface area contributed by atoms with Gasteiger partial charge in [0.1, 0.15) is 0 Å². The van der Waals surface area contributed by atoms with Crippen LogP contribution in [0.25, 0.3) is 0 Å². The van der Waals surface area contributed by atoms with Gasteiger partial charge >= 0.3 is 0 Å². The van der Waals surface area contributed by atoms with Gasteiger partial charge in [-0.05, 0) is 25.7 Å². The first kappa shape index (κ1) is 9.56. The molecule has 0 unspecified atom stereocenters. The van der Waals surface area contributed by atoms with Gasteiger partial charge < -0.3 is 4.90 Å². The summed E-state index contributed by atoms with van der Waals surface area (Å²) >= 11 is 0. The van der Waals surface area contributed by atoms with E-state index in [0.29, 0.717) is 5.91 Å². The summed E-state index contributed by atoms with van der Waals surface area (Å²) in [6.45, 7) is 4.13. The molecule has 0 N–H and O–H groups in total. The molecule has 0 atom stereocenters. The van der Waals surface area contributed by atoms with E-state index in [9.17, 15) is 4.79 Å². The van der Waals surface area contributed by atoms with Crippen LogP contribution in [0.2, 0.25) is 0 Å². The smallest absolute Gasteiger partial charge is 0.222 e. The maximum Gasteiger partial charge on any atom is 0.222 e. The SMILES string of the molecule is CCCCC(=O)N1CCCCC1. The Kier molecular flexibility index (Phi) is 4.12. The number of piperidine rings is 1. The molecule has 1 aliphatic rings. The average molecular weight is 169 g/mol. The van der Waals surface area contributed by atoms with E-state index in [1.54, 1.807) is 0 Å². The van der Waals surface area contributed by atoms with Crippen LogP contribution >= 0.6 is 0 Å². The van der Waals surface area contributed by atoms with Gasteiger partial charge in [-0.1, -0.05) is 13.3 Å². The molecule has 2 heteroatoms. The molecule has 0 bridgehead atoms. The number of hydrogen-bond donors (Lipinski definition) is 0. The van der Waals surface area contributed by atoms with E-state index in [4.69, 9.17) is 0 Å². The minimum atomic E-state index is 0.372. The number of rotatable bonds is 3. The van der Waals surface area contributed by atoms with Crippen LogP contribution < -0.4 is 0 Å². The van der Waals surface area contributed by atoms with E-state index in [1.165, 1.54) is 19.3 Å². The van der Waals surface area contributed by atoms with E-state index >= 15 is 0 Å². The highest BCUT2D eigenvalue weighted by Gasteiger charge is 2.14. The van der Waals surface area contributed by atoms with Crippen LogP contribution in [-0.4, -0.2) is 23.9 Å². The summed E-state index contributed by atoms with van der Waals surface area (Å²) in [5, 5.41) is 0. The number of nitrogens with zero attached hydrogens (tertiary/aromatic N) is 1. The van der Waals surface area contributed by atoms with Crippen LogP contribution in [0.4, 0.5) is 0 Å². The van der Waals surface area contributed by atoms with Crippen LogP contribution in [0.3, 0.4) is 0 Å². The number of carbonyl (C=O) groups excluding carboxylic acids is 1. The summed E-state index contributed by atoms with van der Waals surface area (Å²) in [6, 6.07) is 0. The second kappa shape index (κ2) is 5.18. The largest absolute Gasteiger partial charge is 0.343 e. The predicted octanol–water partition coefficient (Wildman–Crippen LogP) is 2.19. The summed E-state index contributed by atoms with van der Waals surface area (Å²) in [7, 11) is 0. The zero-order chi connectivity index (χ0) is 8.81. The Balaban J connectivity index is 2.20. The fourth-order valence-corrected chi connectivity index (χ4v) is 1.63. The zero-order valence-corrected chi connectivity index (χ0v) is 8.01. The van der Waals surface area contributed by atoms with Crippen LogP contribution in [-0.2, 0) is 4.79 Å². The van der Waals surface area contributed by atoms with Gasteiger partial charge in [0.05, 0.1) is 0 Å². The third kappa shape index (κ3) is 2.84. The van der Waals surface area contributed by atoms with Gasteiger partial charge in [-0.3, -0.25) is 4.79 Å². The number of amides is 1. The Morgan fingerprint density at radius 1 is 1.25 bits per heavy atom. The lowest BCUT2D eigenvalue weighted by Gasteiger charge is -2.26. The van der Waals surface area contributed by atoms with Gasteiger partial charge in [-0.25, -0.2) is 0 Å². The fraction of sp³-hybridized carbons (Fsp3) is 0.900. The van der Waals surface area contributed by atoms with E-state index in [1.807, 2.05) is 4.90 Å². The van der Waals surface area contributed by atoms with Crippen molar-refractivity contribution in [1.82, 2.24) is 4.90 Å². The Hall–Kier alpha value is -0.530. The lowest BCUT2D eigenvalue weighted by Crippen LogP contribution is -2.35. The number of carbonyl (C=O) groups is 1. The van der Waals surface area contributed by atoms with E-state index in [-0.39, 0.29) is 0 Å². The van der Waals surface area contributed by atoms with E-state index < -0.39 is 0 Å². The third-order valence-electron chi connectivity index (χ3n) is 2.45. The Morgan fingerprint density at radius 2 is 1.92 bits per heavy atom. The molecular formula is C10H19NO. The van der Waals surface area contributed by atoms with Crippen molar-refractivity contribution in [2.45, 2.75) is 45.4 Å². The molecule has 0 aromatic heterocycles. The first-order chi connectivity index (χ1) is 5.84. The van der Waals surface area contributed by atoms with Gasteiger partial charge in [-0.2, -0.15) is 0 Å². The molecule has 0 radical (unpaired) electrons. The highest BCUT2D eigenvalue weighted by Crippen LogP contribution is 2.10. The molecule has 0 aromatic carbocycles. The van der Waals surface area contributed by atoms with Crippen LogP contribution in [0.5, 0.6) is 0 Å². The quantitative estimate of drug-likeness (QED) is 0.634. The molecule has 0 spiro atoms. The van der Waals surface area contributed by atoms with Gasteiger partial charge in [0.15, 0.2) is 0 Å². The second-order valence-corrected chi connectivity index (χ2v) is 3.55. The minimum Gasteiger partial charge on any atom is -0.343 e. The first-order valence-corrected chi connectivity index (χ1v) is 5.12. The number of hydrogen-bond acceptors (Lipinski definition) is 1. The summed E-state index contributed by atoms with van der Waals surface area (Å²) in [4.78, 5) is 13.5. The maximum absolute atomic E-state index is 11.5. The van der Waals surface area contributed by atoms with Gasteiger partial charge in [0, 0.05) is 19.5 Å². The highest BCUT2D eigenvalue weighted by atomic mass is 16.2. The Morgan fingerprint density at radius 3 is 2.50 bits per heavy atom. The molecule has 1 rings (SSSR count). The van der Waals surface area contributed by atoms with Crippen molar-refractivity contribution < 1.29 is 4.79 Å². The number of unbranched alkanes of at least 4 members (excludes halogenated alkanes) is 1. The Bertz CT molecular complexity index is 139. The molecular weight excluding hydrogens is 150 g/mol. The molecule has 1 fully saturated rings. The fourth-order valence-electron chi connectivity index (χ4n) is 1.63. The van der Waals surface area contributed by atoms with E-state index in [0.717, 1.165) is 32.4 Å². The standard InChI is InChI=1S/C10H19NO/c1-2-3-7-10(12)11-8-5-4-6-9-11/h2-9H2,1H3. The van der Waals surface area contributed by atoms with Crippen molar-refractivity contribution in [3.05, 3.63) is 0 Å². The van der Waals surface area contributed by atoms with Gasteiger partial charge in [0.25, 0.3) is 0 Å². The predicted molar refractivity (Wildman–Crippen MR) is 50.0 cm³/mol. The summed E-state index contributed by atoms with van der Waals surface area (Å²) in [6.07, 6.45) is 6.65. The molecule has 70 valence electrons. The maximum atomic E-state index is 11.5. The molecule has 1 saturated heterocycles. The van der Waals surface area contributed by atoms with Crippen molar-refractivity contribution in [2.24, 2.45) is 0 Å². The lowest BCUT2D eigenvalue weighted by atomic mass is 10.1. The van der Waals surface area contributed by atoms with Crippen molar-refractivity contribution >= 4 is 5.91 Å². The van der Waals surface area contributed by atoms with Gasteiger partial charge in [-0.15, -0.1) is 0 Å². The molecule has 0 aliphatic carbocycles. The van der Waals surface area contributed by atoms with Crippen molar-refractivity contribution in [1.29, 1.82) is 0 Å². The van der Waals surface area contributed by atoms with Crippen LogP contribution in [0.1, 0.15) is 45.4 Å².